The molecule has 0 atom stereocenters. The number of hydrogen-bond donors (Lipinski definition) is 0. The number of aromatic nitrogens is 1. The molecule has 1 aliphatic heterocycles. The van der Waals surface area contributed by atoms with Crippen LogP contribution in [0, 0.1) is 12.3 Å². The summed E-state index contributed by atoms with van der Waals surface area (Å²) in [4.78, 5) is 6.81. The number of anilines is 1. The molecule has 1 aromatic heterocycles. The molecule has 1 saturated heterocycles. The molecule has 1 aliphatic carbocycles. The predicted molar refractivity (Wildman–Crippen MR) is 60.6 cm³/mol. The maximum absolute atomic E-state index is 4.43. The third-order valence-corrected chi connectivity index (χ3v) is 4.20. The Labute approximate surface area is 92.5 Å². The van der Waals surface area contributed by atoms with Crippen LogP contribution in [0.4, 0.5) is 5.82 Å². The van der Waals surface area contributed by atoms with Gasteiger partial charge in [0, 0.05) is 29.2 Å². The maximum Gasteiger partial charge on any atom is 0.128 e. The highest BCUT2D eigenvalue weighted by Crippen LogP contribution is 2.53. The Balaban J connectivity index is 1.80. The molecule has 3 heteroatoms. The monoisotopic (exact) mass is 252 g/mol. The van der Waals surface area contributed by atoms with E-state index in [0.717, 1.165) is 10.3 Å². The minimum Gasteiger partial charge on any atom is -0.355 e. The Kier molecular flexibility index (Phi) is 1.69. The van der Waals surface area contributed by atoms with Crippen LogP contribution in [0.15, 0.2) is 16.7 Å². The van der Waals surface area contributed by atoms with Gasteiger partial charge in [-0.2, -0.15) is 0 Å². The first-order valence-electron chi connectivity index (χ1n) is 5.06. The molecular weight excluding hydrogens is 240 g/mol. The third kappa shape index (κ3) is 1.26. The fourth-order valence-electron chi connectivity index (χ4n) is 2.12. The van der Waals surface area contributed by atoms with Crippen molar-refractivity contribution in [2.75, 3.05) is 18.0 Å². The van der Waals surface area contributed by atoms with Gasteiger partial charge >= 0.3 is 0 Å². The van der Waals surface area contributed by atoms with Crippen LogP contribution in [0.3, 0.4) is 0 Å². The quantitative estimate of drug-likeness (QED) is 0.765. The summed E-state index contributed by atoms with van der Waals surface area (Å²) in [6.07, 6.45) is 4.76. The highest BCUT2D eigenvalue weighted by Gasteiger charge is 2.52. The molecule has 14 heavy (non-hydrogen) atoms. The molecule has 1 spiro atoms. The van der Waals surface area contributed by atoms with Crippen molar-refractivity contribution >= 4 is 21.7 Å². The largest absolute Gasteiger partial charge is 0.355 e. The van der Waals surface area contributed by atoms with Gasteiger partial charge in [-0.3, -0.25) is 0 Å². The molecule has 0 aromatic carbocycles. The first-order chi connectivity index (χ1) is 6.69. The smallest absolute Gasteiger partial charge is 0.128 e. The number of hydrogen-bond acceptors (Lipinski definition) is 2. The lowest BCUT2D eigenvalue weighted by Crippen LogP contribution is -2.48. The number of aryl methyl sites for hydroxylation is 1. The van der Waals surface area contributed by atoms with E-state index in [4.69, 9.17) is 0 Å². The van der Waals surface area contributed by atoms with Gasteiger partial charge in [0.05, 0.1) is 0 Å². The fourth-order valence-corrected chi connectivity index (χ4v) is 2.33. The fraction of sp³-hybridized carbons (Fsp3) is 0.545. The number of rotatable bonds is 1. The minimum atomic E-state index is 0.711. The van der Waals surface area contributed by atoms with E-state index in [1.165, 1.54) is 31.5 Å². The summed E-state index contributed by atoms with van der Waals surface area (Å²) in [5.41, 5.74) is 1.98. The average molecular weight is 253 g/mol. The lowest BCUT2D eigenvalue weighted by molar-refractivity contribution is 0.384. The van der Waals surface area contributed by atoms with Gasteiger partial charge in [-0.15, -0.1) is 0 Å². The molecule has 2 heterocycles. The highest BCUT2D eigenvalue weighted by atomic mass is 79.9. The summed E-state index contributed by atoms with van der Waals surface area (Å²) in [5.74, 6) is 1.14. The van der Waals surface area contributed by atoms with Crippen molar-refractivity contribution in [2.24, 2.45) is 5.41 Å². The molecule has 2 nitrogen and oxygen atoms in total. The topological polar surface area (TPSA) is 16.1 Å². The van der Waals surface area contributed by atoms with E-state index < -0.39 is 0 Å². The summed E-state index contributed by atoms with van der Waals surface area (Å²) in [5, 5.41) is 0. The second-order valence-electron chi connectivity index (χ2n) is 4.65. The minimum absolute atomic E-state index is 0.711. The molecule has 3 rings (SSSR count). The molecule has 0 amide bonds. The van der Waals surface area contributed by atoms with Gasteiger partial charge in [-0.1, -0.05) is 0 Å². The van der Waals surface area contributed by atoms with Crippen LogP contribution < -0.4 is 4.90 Å². The van der Waals surface area contributed by atoms with Gasteiger partial charge in [-0.25, -0.2) is 4.98 Å². The zero-order valence-electron chi connectivity index (χ0n) is 8.26. The van der Waals surface area contributed by atoms with Crippen LogP contribution in [-0.2, 0) is 0 Å². The van der Waals surface area contributed by atoms with Crippen molar-refractivity contribution in [1.82, 2.24) is 4.98 Å². The maximum atomic E-state index is 4.43. The van der Waals surface area contributed by atoms with E-state index in [0.29, 0.717) is 5.41 Å². The van der Waals surface area contributed by atoms with Gasteiger partial charge in [-0.05, 0) is 47.3 Å². The van der Waals surface area contributed by atoms with Crippen molar-refractivity contribution in [2.45, 2.75) is 19.8 Å². The summed E-state index contributed by atoms with van der Waals surface area (Å²) >= 11 is 3.47. The third-order valence-electron chi connectivity index (χ3n) is 3.37. The molecule has 0 unspecified atom stereocenters. The van der Waals surface area contributed by atoms with Crippen LogP contribution in [-0.4, -0.2) is 18.1 Å². The Morgan fingerprint density at radius 1 is 1.43 bits per heavy atom. The van der Waals surface area contributed by atoms with Crippen molar-refractivity contribution < 1.29 is 0 Å². The molecule has 0 bridgehead atoms. The Bertz CT molecular complexity index is 377. The molecule has 0 N–H and O–H groups in total. The van der Waals surface area contributed by atoms with E-state index in [1.807, 2.05) is 6.20 Å². The number of pyridine rings is 1. The van der Waals surface area contributed by atoms with Crippen LogP contribution in [0.2, 0.25) is 0 Å². The van der Waals surface area contributed by atoms with Crippen LogP contribution in [0.25, 0.3) is 0 Å². The zero-order chi connectivity index (χ0) is 9.76. The van der Waals surface area contributed by atoms with E-state index in [-0.39, 0.29) is 0 Å². The second-order valence-corrected chi connectivity index (χ2v) is 5.50. The molecule has 0 radical (unpaired) electrons. The van der Waals surface area contributed by atoms with E-state index in [9.17, 15) is 0 Å². The molecule has 2 aliphatic rings. The van der Waals surface area contributed by atoms with Gasteiger partial charge in [0.15, 0.2) is 0 Å². The number of nitrogens with zero attached hydrogens (tertiary/aromatic N) is 2. The molecule has 74 valence electrons. The molecular formula is C11H13BrN2. The van der Waals surface area contributed by atoms with E-state index >= 15 is 0 Å². The Morgan fingerprint density at radius 2 is 2.14 bits per heavy atom. The van der Waals surface area contributed by atoms with Crippen molar-refractivity contribution in [3.05, 3.63) is 22.3 Å². The first-order valence-corrected chi connectivity index (χ1v) is 5.85. The highest BCUT2D eigenvalue weighted by molar-refractivity contribution is 9.10. The normalized spacial score (nSPS) is 22.3. The first kappa shape index (κ1) is 8.72. The van der Waals surface area contributed by atoms with Crippen molar-refractivity contribution in [1.29, 1.82) is 0 Å². The predicted octanol–water partition coefficient (Wildman–Crippen LogP) is 2.75. The summed E-state index contributed by atoms with van der Waals surface area (Å²) in [6.45, 7) is 4.56. The summed E-state index contributed by atoms with van der Waals surface area (Å²) in [6, 6.07) is 2.17. The lowest BCUT2D eigenvalue weighted by Gasteiger charge is -2.41. The van der Waals surface area contributed by atoms with Crippen molar-refractivity contribution in [3.63, 3.8) is 0 Å². The Hall–Kier alpha value is -0.570. The number of halogens is 1. The summed E-state index contributed by atoms with van der Waals surface area (Å²) < 4.78 is 1.10. The lowest BCUT2D eigenvalue weighted by atomic mass is 9.97. The van der Waals surface area contributed by atoms with Gasteiger partial charge in [0.25, 0.3) is 0 Å². The summed E-state index contributed by atoms with van der Waals surface area (Å²) in [7, 11) is 0. The Morgan fingerprint density at radius 3 is 2.71 bits per heavy atom. The van der Waals surface area contributed by atoms with E-state index in [1.54, 1.807) is 0 Å². The molecule has 1 saturated carbocycles. The van der Waals surface area contributed by atoms with Gasteiger partial charge in [0.2, 0.25) is 0 Å². The standard InChI is InChI=1S/C11H13BrN2/c1-8-4-10(13-5-9(8)12)14-6-11(7-14)2-3-11/h4-5H,2-3,6-7H2,1H3. The molecule has 1 aromatic rings. The second kappa shape index (κ2) is 2.72. The van der Waals surface area contributed by atoms with E-state index in [2.05, 4.69) is 38.8 Å². The average Bonchev–Trinajstić information content (AvgIpc) is 2.87. The van der Waals surface area contributed by atoms with Crippen LogP contribution >= 0.6 is 15.9 Å². The van der Waals surface area contributed by atoms with Gasteiger partial charge < -0.3 is 4.90 Å². The SMILES string of the molecule is Cc1cc(N2CC3(CC3)C2)ncc1Br. The van der Waals surface area contributed by atoms with Gasteiger partial charge in [0.1, 0.15) is 5.82 Å². The van der Waals surface area contributed by atoms with Crippen LogP contribution in [0.1, 0.15) is 18.4 Å². The zero-order valence-corrected chi connectivity index (χ0v) is 9.84. The van der Waals surface area contributed by atoms with Crippen molar-refractivity contribution in [3.8, 4) is 0 Å². The van der Waals surface area contributed by atoms with Crippen LogP contribution in [0.5, 0.6) is 0 Å². The molecule has 2 fully saturated rings.